The number of hydrogen-bond donors (Lipinski definition) is 6. The molecule has 0 spiro atoms. The minimum Gasteiger partial charge on any atom is -0.394 e. The number of carbonyl (C=O) groups excluding carboxylic acids is 1. The van der Waals surface area contributed by atoms with E-state index in [0.29, 0.717) is 13.2 Å². The van der Waals surface area contributed by atoms with Crippen molar-refractivity contribution < 1.29 is 30.0 Å². The Bertz CT molecular complexity index is 534. The van der Waals surface area contributed by atoms with Gasteiger partial charge >= 0.3 is 0 Å². The fourth-order valence-electron chi connectivity index (χ4n) is 4.16. The quantitative estimate of drug-likeness (QED) is 0.173. The first-order valence-electron chi connectivity index (χ1n) is 9.87. The number of likely N-dealkylation sites (N-methyl/N-ethyl adjacent to an activating group) is 1. The van der Waals surface area contributed by atoms with Crippen LogP contribution in [-0.2, 0) is 9.53 Å². The van der Waals surface area contributed by atoms with Gasteiger partial charge in [0.05, 0.1) is 42.9 Å². The standard InChI is InChI=1S/C18H34ClN3O6S/c1-9(19)13(12(11(24)8-23)15(25)18(27)29-3)21-17(26)14-16-10(6-20-14)7-22(2)4-5-28-16/h9-16,18,20,23-25,27H,4-8H2,1-3H3,(H,21,26). The number of ether oxygens (including phenoxy) is 1. The summed E-state index contributed by atoms with van der Waals surface area (Å²) in [6.45, 7) is 3.78. The van der Waals surface area contributed by atoms with Gasteiger partial charge in [0.1, 0.15) is 11.5 Å². The van der Waals surface area contributed by atoms with Crippen molar-refractivity contribution in [3.05, 3.63) is 0 Å². The van der Waals surface area contributed by atoms with Crippen molar-refractivity contribution in [2.24, 2.45) is 11.8 Å². The van der Waals surface area contributed by atoms with E-state index in [1.54, 1.807) is 13.2 Å². The van der Waals surface area contributed by atoms with E-state index in [4.69, 9.17) is 16.3 Å². The highest BCUT2D eigenvalue weighted by atomic mass is 35.5. The molecule has 0 aromatic heterocycles. The van der Waals surface area contributed by atoms with E-state index >= 15 is 0 Å². The summed E-state index contributed by atoms with van der Waals surface area (Å²) in [4.78, 5) is 15.2. The van der Waals surface area contributed by atoms with Gasteiger partial charge in [0, 0.05) is 31.5 Å². The van der Waals surface area contributed by atoms with E-state index in [2.05, 4.69) is 15.5 Å². The van der Waals surface area contributed by atoms with Crippen molar-refractivity contribution in [3.63, 3.8) is 0 Å². The summed E-state index contributed by atoms with van der Waals surface area (Å²) in [7, 11) is 2.02. The fourth-order valence-corrected chi connectivity index (χ4v) is 4.85. The molecule has 0 saturated carbocycles. The summed E-state index contributed by atoms with van der Waals surface area (Å²) in [5, 5.41) is 45.7. The molecule has 2 saturated heterocycles. The maximum absolute atomic E-state index is 13.1. The molecular formula is C18H34ClN3O6S. The first-order valence-corrected chi connectivity index (χ1v) is 11.6. The van der Waals surface area contributed by atoms with Crippen LogP contribution in [0.5, 0.6) is 0 Å². The molecule has 2 aliphatic heterocycles. The van der Waals surface area contributed by atoms with Gasteiger partial charge in [0.15, 0.2) is 0 Å². The molecule has 29 heavy (non-hydrogen) atoms. The topological polar surface area (TPSA) is 135 Å². The van der Waals surface area contributed by atoms with E-state index < -0.39 is 47.6 Å². The van der Waals surface area contributed by atoms with Crippen LogP contribution in [0.2, 0.25) is 0 Å². The lowest BCUT2D eigenvalue weighted by Gasteiger charge is -2.37. The molecule has 0 aromatic rings. The minimum absolute atomic E-state index is 0.174. The van der Waals surface area contributed by atoms with Crippen molar-refractivity contribution in [1.82, 2.24) is 15.5 Å². The molecule has 9 atom stereocenters. The van der Waals surface area contributed by atoms with Crippen LogP contribution in [0.3, 0.4) is 0 Å². The molecular weight excluding hydrogens is 422 g/mol. The lowest BCUT2D eigenvalue weighted by atomic mass is 9.86. The third-order valence-corrected chi connectivity index (χ3v) is 6.82. The maximum atomic E-state index is 13.1. The maximum Gasteiger partial charge on any atom is 0.240 e. The Balaban J connectivity index is 2.16. The van der Waals surface area contributed by atoms with Crippen molar-refractivity contribution in [2.75, 3.05) is 46.2 Å². The van der Waals surface area contributed by atoms with Gasteiger partial charge in [-0.05, 0) is 20.2 Å². The number of rotatable bonds is 9. The lowest BCUT2D eigenvalue weighted by Crippen LogP contribution is -2.59. The number of hydrogen-bond acceptors (Lipinski definition) is 9. The van der Waals surface area contributed by atoms with Gasteiger partial charge in [-0.1, -0.05) is 0 Å². The van der Waals surface area contributed by atoms with Crippen LogP contribution in [0.1, 0.15) is 6.92 Å². The zero-order valence-electron chi connectivity index (χ0n) is 17.1. The summed E-state index contributed by atoms with van der Waals surface area (Å²) in [6.07, 6.45) is -1.44. The summed E-state index contributed by atoms with van der Waals surface area (Å²) in [5.41, 5.74) is -1.20. The molecule has 2 fully saturated rings. The smallest absolute Gasteiger partial charge is 0.240 e. The van der Waals surface area contributed by atoms with E-state index in [-0.39, 0.29) is 17.9 Å². The largest absolute Gasteiger partial charge is 0.394 e. The molecule has 11 heteroatoms. The number of alkyl halides is 1. The average Bonchev–Trinajstić information content (AvgIpc) is 2.98. The first-order chi connectivity index (χ1) is 13.7. The zero-order chi connectivity index (χ0) is 21.7. The van der Waals surface area contributed by atoms with Crippen LogP contribution in [-0.4, -0.2) is 119 Å². The fraction of sp³-hybridized carbons (Fsp3) is 0.944. The summed E-state index contributed by atoms with van der Waals surface area (Å²) in [5.74, 6) is -1.23. The Morgan fingerprint density at radius 1 is 1.41 bits per heavy atom. The van der Waals surface area contributed by atoms with Crippen LogP contribution in [0, 0.1) is 11.8 Å². The van der Waals surface area contributed by atoms with Gasteiger partial charge in [0.2, 0.25) is 5.91 Å². The Kier molecular flexibility index (Phi) is 9.91. The van der Waals surface area contributed by atoms with Gasteiger partial charge in [-0.25, -0.2) is 0 Å². The SMILES string of the molecule is CSC(O)C(O)C(C(O)CO)C(NC(=O)C1NCC2CN(C)CCOC21)C(C)Cl. The molecule has 9 nitrogen and oxygen atoms in total. The second kappa shape index (κ2) is 11.4. The number of thioether (sulfide) groups is 1. The van der Waals surface area contributed by atoms with E-state index in [9.17, 15) is 25.2 Å². The molecule has 6 N–H and O–H groups in total. The summed E-state index contributed by atoms with van der Waals surface area (Å²) >= 11 is 7.30. The number of halogens is 1. The molecule has 0 radical (unpaired) electrons. The monoisotopic (exact) mass is 455 g/mol. The van der Waals surface area contributed by atoms with Crippen LogP contribution in [0.15, 0.2) is 0 Å². The molecule has 0 bridgehead atoms. The van der Waals surface area contributed by atoms with Crippen LogP contribution >= 0.6 is 23.4 Å². The van der Waals surface area contributed by atoms with Crippen LogP contribution in [0.25, 0.3) is 0 Å². The average molecular weight is 456 g/mol. The second-order valence-corrected chi connectivity index (χ2v) is 9.54. The van der Waals surface area contributed by atoms with Crippen LogP contribution in [0.4, 0.5) is 0 Å². The molecule has 170 valence electrons. The molecule has 0 aromatic carbocycles. The van der Waals surface area contributed by atoms with Gasteiger partial charge in [0.25, 0.3) is 0 Å². The number of nitrogens with zero attached hydrogens (tertiary/aromatic N) is 1. The van der Waals surface area contributed by atoms with Gasteiger partial charge in [-0.2, -0.15) is 0 Å². The molecule has 2 rings (SSSR count). The molecule has 2 aliphatic rings. The molecule has 2 heterocycles. The van der Waals surface area contributed by atoms with Gasteiger partial charge in [-0.3, -0.25) is 4.79 Å². The van der Waals surface area contributed by atoms with E-state index in [0.717, 1.165) is 24.9 Å². The van der Waals surface area contributed by atoms with Crippen molar-refractivity contribution >= 4 is 29.3 Å². The van der Waals surface area contributed by atoms with Crippen molar-refractivity contribution in [2.45, 2.75) is 48.1 Å². The number of fused-ring (bicyclic) bond motifs is 1. The van der Waals surface area contributed by atoms with Crippen molar-refractivity contribution in [1.29, 1.82) is 0 Å². The normalized spacial score (nSPS) is 31.8. The second-order valence-electron chi connectivity index (χ2n) is 7.90. The number of carbonyl (C=O) groups is 1. The molecule has 1 amide bonds. The predicted octanol–water partition coefficient (Wildman–Crippen LogP) is -1.97. The first kappa shape index (κ1) is 25.1. The molecule has 0 aliphatic carbocycles. The number of amides is 1. The lowest BCUT2D eigenvalue weighted by molar-refractivity contribution is -0.129. The third kappa shape index (κ3) is 6.18. The highest BCUT2D eigenvalue weighted by Crippen LogP contribution is 2.27. The van der Waals surface area contributed by atoms with E-state index in [1.807, 2.05) is 7.05 Å². The highest BCUT2D eigenvalue weighted by Gasteiger charge is 2.45. The van der Waals surface area contributed by atoms with E-state index in [1.165, 1.54) is 0 Å². The minimum atomic E-state index is -1.40. The number of nitrogens with one attached hydrogen (secondary N) is 2. The Hall–Kier alpha value is -0.170. The van der Waals surface area contributed by atoms with Crippen molar-refractivity contribution in [3.8, 4) is 0 Å². The zero-order valence-corrected chi connectivity index (χ0v) is 18.6. The highest BCUT2D eigenvalue weighted by molar-refractivity contribution is 7.99. The summed E-state index contributed by atoms with van der Waals surface area (Å²) < 4.78 is 5.93. The Labute approximate surface area is 181 Å². The number of aliphatic hydroxyl groups is 4. The summed E-state index contributed by atoms with van der Waals surface area (Å²) in [6, 6.07) is -1.46. The predicted molar refractivity (Wildman–Crippen MR) is 112 cm³/mol. The van der Waals surface area contributed by atoms with Crippen LogP contribution < -0.4 is 10.6 Å². The Morgan fingerprint density at radius 2 is 2.10 bits per heavy atom. The Morgan fingerprint density at radius 3 is 2.69 bits per heavy atom. The van der Waals surface area contributed by atoms with Gasteiger partial charge in [-0.15, -0.1) is 23.4 Å². The van der Waals surface area contributed by atoms with Gasteiger partial charge < -0.3 is 40.7 Å². The number of aliphatic hydroxyl groups excluding tert-OH is 4. The third-order valence-electron chi connectivity index (χ3n) is 5.78. The molecule has 9 unspecified atom stereocenters.